The molecule has 2 amide bonds. The number of sulfonamides is 1. The van der Waals surface area contributed by atoms with Gasteiger partial charge in [-0.3, -0.25) is 9.59 Å². The smallest absolute Gasteiger partial charge is 0.294 e. The zero-order chi connectivity index (χ0) is 24.7. The minimum Gasteiger partial charge on any atom is -0.459 e. The zero-order valence-corrected chi connectivity index (χ0v) is 20.5. The van der Waals surface area contributed by atoms with E-state index in [1.54, 1.807) is 21.9 Å². The molecule has 2 aliphatic heterocycles. The molecule has 8 nitrogen and oxygen atoms in total. The van der Waals surface area contributed by atoms with Crippen molar-refractivity contribution in [1.82, 2.24) is 4.31 Å². The van der Waals surface area contributed by atoms with Gasteiger partial charge in [0.15, 0.2) is 5.76 Å². The van der Waals surface area contributed by atoms with Crippen LogP contribution in [0.4, 0.5) is 11.4 Å². The summed E-state index contributed by atoms with van der Waals surface area (Å²) in [6.07, 6.45) is 2.13. The summed E-state index contributed by atoms with van der Waals surface area (Å²) in [6.45, 7) is 4.71. The number of anilines is 2. The lowest BCUT2D eigenvalue weighted by atomic mass is 9.99. The van der Waals surface area contributed by atoms with E-state index in [1.165, 1.54) is 17.5 Å². The van der Waals surface area contributed by atoms with Gasteiger partial charge in [0, 0.05) is 26.6 Å². The van der Waals surface area contributed by atoms with Gasteiger partial charge in [0.05, 0.1) is 29.4 Å². The summed E-state index contributed by atoms with van der Waals surface area (Å²) in [7, 11) is -3.15. The molecular formula is C26H27N3O5S. The predicted octanol–water partition coefficient (Wildman–Crippen LogP) is 3.88. The number of carbonyl (C=O) groups excluding carboxylic acids is 2. The number of carbonyl (C=O) groups is 2. The number of nitrogens with zero attached hydrogens (tertiary/aromatic N) is 3. The molecule has 0 N–H and O–H groups in total. The van der Waals surface area contributed by atoms with E-state index in [-0.39, 0.29) is 29.4 Å². The maximum atomic E-state index is 13.2. The molecule has 0 saturated carbocycles. The molecule has 0 spiro atoms. The fourth-order valence-corrected chi connectivity index (χ4v) is 6.39. The van der Waals surface area contributed by atoms with Crippen molar-refractivity contribution in [2.75, 3.05) is 28.6 Å². The van der Waals surface area contributed by atoms with Gasteiger partial charge in [0.1, 0.15) is 0 Å². The van der Waals surface area contributed by atoms with Crippen molar-refractivity contribution in [1.29, 1.82) is 0 Å². The van der Waals surface area contributed by atoms with Gasteiger partial charge in [-0.15, -0.1) is 0 Å². The average Bonchev–Trinajstić information content (AvgIpc) is 3.48. The van der Waals surface area contributed by atoms with Crippen LogP contribution in [0, 0.1) is 0 Å². The molecule has 3 aromatic rings. The van der Waals surface area contributed by atoms with Crippen LogP contribution in [0.1, 0.15) is 36.4 Å². The first-order valence-electron chi connectivity index (χ1n) is 11.6. The molecule has 0 radical (unpaired) electrons. The van der Waals surface area contributed by atoms with Crippen molar-refractivity contribution in [3.63, 3.8) is 0 Å². The van der Waals surface area contributed by atoms with Gasteiger partial charge in [-0.1, -0.05) is 30.3 Å². The van der Waals surface area contributed by atoms with Crippen LogP contribution in [0.2, 0.25) is 0 Å². The second-order valence-corrected chi connectivity index (χ2v) is 11.1. The third kappa shape index (κ3) is 4.37. The van der Waals surface area contributed by atoms with E-state index in [1.807, 2.05) is 49.4 Å². The summed E-state index contributed by atoms with van der Waals surface area (Å²) in [5.74, 6) is 0.109. The molecule has 2 aromatic carbocycles. The average molecular weight is 494 g/mol. The number of amides is 2. The Balaban J connectivity index is 1.48. The minimum atomic E-state index is -3.15. The third-order valence-electron chi connectivity index (χ3n) is 6.58. The van der Waals surface area contributed by atoms with Crippen LogP contribution >= 0.6 is 0 Å². The summed E-state index contributed by atoms with van der Waals surface area (Å²) in [4.78, 5) is 29.0. The van der Waals surface area contributed by atoms with Gasteiger partial charge in [-0.25, -0.2) is 8.42 Å². The van der Waals surface area contributed by atoms with E-state index in [4.69, 9.17) is 4.42 Å². The molecule has 9 heteroatoms. The monoisotopic (exact) mass is 493 g/mol. The Bertz CT molecular complexity index is 1370. The first-order valence-corrected chi connectivity index (χ1v) is 13.2. The molecule has 0 bridgehead atoms. The maximum Gasteiger partial charge on any atom is 0.294 e. The van der Waals surface area contributed by atoms with E-state index in [2.05, 4.69) is 0 Å². The van der Waals surface area contributed by atoms with Gasteiger partial charge in [0.25, 0.3) is 5.91 Å². The van der Waals surface area contributed by atoms with Crippen LogP contribution < -0.4 is 9.80 Å². The molecule has 0 aliphatic carbocycles. The number of furan rings is 1. The van der Waals surface area contributed by atoms with E-state index >= 15 is 0 Å². The molecule has 1 atom stereocenters. The SMILES string of the molecule is CC(=O)N1c2ccc(-c3ccc(CN4CCCS4(=O)=O)cc3)cc2N(C(=O)c2ccco2)CC1C. The molecule has 3 heterocycles. The standard InChI is InChI=1S/C26H27N3O5S/c1-18-16-28(26(31)25-5-3-13-34-25)24-15-22(10-11-23(24)29(18)19(2)30)21-8-6-20(7-9-21)17-27-12-4-14-35(27,32)33/h3,5-11,13,15,18H,4,12,14,16-17H2,1-2H3. The molecule has 1 aromatic heterocycles. The molecule has 1 unspecified atom stereocenters. The Morgan fingerprint density at radius 1 is 1.03 bits per heavy atom. The summed E-state index contributed by atoms with van der Waals surface area (Å²) in [5.41, 5.74) is 4.06. The van der Waals surface area contributed by atoms with Crippen molar-refractivity contribution < 1.29 is 22.4 Å². The molecule has 182 valence electrons. The van der Waals surface area contributed by atoms with Gasteiger partial charge in [0.2, 0.25) is 15.9 Å². The second kappa shape index (κ2) is 8.98. The minimum absolute atomic E-state index is 0.0854. The summed E-state index contributed by atoms with van der Waals surface area (Å²) >= 11 is 0. The van der Waals surface area contributed by atoms with Crippen LogP contribution in [0.15, 0.2) is 65.3 Å². The summed E-state index contributed by atoms with van der Waals surface area (Å²) in [5, 5.41) is 0. The van der Waals surface area contributed by atoms with E-state index in [0.29, 0.717) is 37.4 Å². The topological polar surface area (TPSA) is 91.1 Å². The molecule has 1 saturated heterocycles. The summed E-state index contributed by atoms with van der Waals surface area (Å²) < 4.78 is 31.1. The number of hydrogen-bond donors (Lipinski definition) is 0. The Morgan fingerprint density at radius 2 is 1.77 bits per heavy atom. The highest BCUT2D eigenvalue weighted by Gasteiger charge is 2.35. The van der Waals surface area contributed by atoms with E-state index in [0.717, 1.165) is 16.7 Å². The van der Waals surface area contributed by atoms with Gasteiger partial charge >= 0.3 is 0 Å². The highest BCUT2D eigenvalue weighted by molar-refractivity contribution is 7.89. The third-order valence-corrected chi connectivity index (χ3v) is 8.48. The lowest BCUT2D eigenvalue weighted by Crippen LogP contribution is -2.51. The van der Waals surface area contributed by atoms with Crippen LogP contribution in [0.3, 0.4) is 0 Å². The first kappa shape index (κ1) is 23.3. The fraction of sp³-hybridized carbons (Fsp3) is 0.308. The predicted molar refractivity (Wildman–Crippen MR) is 134 cm³/mol. The first-order chi connectivity index (χ1) is 16.7. The van der Waals surface area contributed by atoms with Crippen molar-refractivity contribution in [3.8, 4) is 11.1 Å². The number of fused-ring (bicyclic) bond motifs is 1. The van der Waals surface area contributed by atoms with Gasteiger partial charge < -0.3 is 14.2 Å². The largest absolute Gasteiger partial charge is 0.459 e. The van der Waals surface area contributed by atoms with E-state index < -0.39 is 10.0 Å². The molecular weight excluding hydrogens is 466 g/mol. The highest BCUT2D eigenvalue weighted by atomic mass is 32.2. The second-order valence-electron chi connectivity index (χ2n) is 9.03. The Labute approximate surface area is 204 Å². The summed E-state index contributed by atoms with van der Waals surface area (Å²) in [6, 6.07) is 16.6. The van der Waals surface area contributed by atoms with Crippen molar-refractivity contribution in [2.45, 2.75) is 32.9 Å². The molecule has 35 heavy (non-hydrogen) atoms. The molecule has 5 rings (SSSR count). The zero-order valence-electron chi connectivity index (χ0n) is 19.7. The van der Waals surface area contributed by atoms with Gasteiger partial charge in [-0.05, 0) is 54.3 Å². The highest BCUT2D eigenvalue weighted by Crippen LogP contribution is 2.39. The normalized spacial score (nSPS) is 19.5. The van der Waals surface area contributed by atoms with Crippen LogP contribution in [0.5, 0.6) is 0 Å². The van der Waals surface area contributed by atoms with Gasteiger partial charge in [-0.2, -0.15) is 4.31 Å². The van der Waals surface area contributed by atoms with Crippen molar-refractivity contribution in [2.24, 2.45) is 0 Å². The van der Waals surface area contributed by atoms with Crippen molar-refractivity contribution >= 4 is 33.2 Å². The van der Waals surface area contributed by atoms with Crippen LogP contribution in [0.25, 0.3) is 11.1 Å². The van der Waals surface area contributed by atoms with Crippen molar-refractivity contribution in [3.05, 3.63) is 72.2 Å². The lowest BCUT2D eigenvalue weighted by molar-refractivity contribution is -0.117. The molecule has 1 fully saturated rings. The Hall–Kier alpha value is -3.43. The number of hydrogen-bond acceptors (Lipinski definition) is 5. The Kier molecular flexibility index (Phi) is 5.98. The number of benzene rings is 2. The maximum absolute atomic E-state index is 13.2. The fourth-order valence-electron chi connectivity index (χ4n) is 4.89. The van der Waals surface area contributed by atoms with Crippen LogP contribution in [-0.2, 0) is 21.4 Å². The van der Waals surface area contributed by atoms with Crippen LogP contribution in [-0.4, -0.2) is 49.4 Å². The molecule has 2 aliphatic rings. The van der Waals surface area contributed by atoms with E-state index in [9.17, 15) is 18.0 Å². The lowest BCUT2D eigenvalue weighted by Gasteiger charge is -2.40. The quantitative estimate of drug-likeness (QED) is 0.550. The Morgan fingerprint density at radius 3 is 2.40 bits per heavy atom. The number of rotatable bonds is 4.